The molecular weight excluding hydrogens is 508 g/mol. The minimum absolute atomic E-state index is 0.0812. The quantitative estimate of drug-likeness (QED) is 0.279. The van der Waals surface area contributed by atoms with Crippen molar-refractivity contribution in [1.82, 2.24) is 15.5 Å². The average molecular weight is 535 g/mol. The van der Waals surface area contributed by atoms with Gasteiger partial charge in [-0.15, -0.1) is 21.5 Å². The third kappa shape index (κ3) is 6.03. The Balaban J connectivity index is 1.23. The smallest absolute Gasteiger partial charge is 0.277 e. The van der Waals surface area contributed by atoms with Gasteiger partial charge in [0.15, 0.2) is 0 Å². The zero-order valence-corrected chi connectivity index (χ0v) is 21.9. The van der Waals surface area contributed by atoms with Gasteiger partial charge in [0, 0.05) is 17.0 Å². The standard InChI is InChI=1S/C27H26N4O4S2/c1-34-19-13-11-18(12-14-19)25-30-31-27(35-25)36-16-22(32)29-26-23(20-9-5-6-10-21(20)37-26)24(33)28-15-17-7-3-2-4-8-17/h2-4,7-8,11-14H,5-6,9-10,15-16H2,1H3,(H,28,33)(H,29,32). The van der Waals surface area contributed by atoms with Crippen molar-refractivity contribution in [2.45, 2.75) is 37.5 Å². The first-order valence-electron chi connectivity index (χ1n) is 12.0. The summed E-state index contributed by atoms with van der Waals surface area (Å²) in [5, 5.41) is 15.0. The van der Waals surface area contributed by atoms with Crippen LogP contribution in [0.25, 0.3) is 11.5 Å². The number of thiophene rings is 1. The highest BCUT2D eigenvalue weighted by molar-refractivity contribution is 7.99. The Morgan fingerprint density at radius 1 is 1.05 bits per heavy atom. The number of anilines is 1. The third-order valence-electron chi connectivity index (χ3n) is 6.02. The molecule has 2 heterocycles. The number of rotatable bonds is 9. The molecule has 37 heavy (non-hydrogen) atoms. The van der Waals surface area contributed by atoms with E-state index in [1.165, 1.54) is 16.2 Å². The number of methoxy groups -OCH3 is 1. The molecule has 4 aromatic rings. The van der Waals surface area contributed by atoms with Crippen molar-refractivity contribution in [2.24, 2.45) is 0 Å². The maximum absolute atomic E-state index is 13.2. The molecule has 0 atom stereocenters. The number of nitrogens with zero attached hydrogens (tertiary/aromatic N) is 2. The third-order valence-corrected chi connectivity index (χ3v) is 8.04. The van der Waals surface area contributed by atoms with Gasteiger partial charge in [-0.2, -0.15) is 0 Å². The summed E-state index contributed by atoms with van der Waals surface area (Å²) < 4.78 is 10.9. The van der Waals surface area contributed by atoms with Gasteiger partial charge in [0.05, 0.1) is 18.4 Å². The Morgan fingerprint density at radius 2 is 1.84 bits per heavy atom. The van der Waals surface area contributed by atoms with E-state index < -0.39 is 0 Å². The van der Waals surface area contributed by atoms with Gasteiger partial charge in [0.2, 0.25) is 11.8 Å². The first-order valence-corrected chi connectivity index (χ1v) is 13.8. The fourth-order valence-corrected chi connectivity index (χ4v) is 6.04. The number of amides is 2. The summed E-state index contributed by atoms with van der Waals surface area (Å²) in [6.07, 6.45) is 3.91. The van der Waals surface area contributed by atoms with E-state index in [1.54, 1.807) is 7.11 Å². The Hall–Kier alpha value is -3.63. The van der Waals surface area contributed by atoms with E-state index in [9.17, 15) is 9.59 Å². The SMILES string of the molecule is COc1ccc(-c2nnc(SCC(=O)Nc3sc4c(c3C(=O)NCc3ccccc3)CCCC4)o2)cc1. The molecule has 0 bridgehead atoms. The molecular formula is C27H26N4O4S2. The molecule has 0 aliphatic heterocycles. The van der Waals surface area contributed by atoms with Gasteiger partial charge in [-0.05, 0) is 61.1 Å². The summed E-state index contributed by atoms with van der Waals surface area (Å²) in [7, 11) is 1.60. The average Bonchev–Trinajstić information content (AvgIpc) is 3.56. The van der Waals surface area contributed by atoms with Crippen LogP contribution in [0.4, 0.5) is 5.00 Å². The van der Waals surface area contributed by atoms with Gasteiger partial charge in [0.25, 0.3) is 11.1 Å². The van der Waals surface area contributed by atoms with Gasteiger partial charge in [-0.25, -0.2) is 0 Å². The van der Waals surface area contributed by atoms with E-state index in [-0.39, 0.29) is 17.6 Å². The van der Waals surface area contributed by atoms with E-state index in [0.717, 1.165) is 59.9 Å². The van der Waals surface area contributed by atoms with Crippen LogP contribution in [0.5, 0.6) is 5.75 Å². The Kier molecular flexibility index (Phi) is 7.86. The number of hydrogen-bond acceptors (Lipinski definition) is 8. The highest BCUT2D eigenvalue weighted by Crippen LogP contribution is 2.38. The van der Waals surface area contributed by atoms with Gasteiger partial charge < -0.3 is 19.8 Å². The van der Waals surface area contributed by atoms with Crippen LogP contribution in [0.3, 0.4) is 0 Å². The molecule has 0 radical (unpaired) electrons. The van der Waals surface area contributed by atoms with E-state index in [1.807, 2.05) is 54.6 Å². The van der Waals surface area contributed by atoms with Crippen molar-refractivity contribution in [3.8, 4) is 17.2 Å². The van der Waals surface area contributed by atoms with Gasteiger partial charge in [-0.3, -0.25) is 9.59 Å². The molecule has 2 aromatic carbocycles. The van der Waals surface area contributed by atoms with Crippen LogP contribution >= 0.6 is 23.1 Å². The number of ether oxygens (including phenoxy) is 1. The second-order valence-corrected chi connectivity index (χ2v) is 10.6. The van der Waals surface area contributed by atoms with Crippen molar-refractivity contribution in [2.75, 3.05) is 18.2 Å². The Bertz CT molecular complexity index is 1380. The monoisotopic (exact) mass is 534 g/mol. The van der Waals surface area contributed by atoms with Crippen LogP contribution in [-0.2, 0) is 24.2 Å². The summed E-state index contributed by atoms with van der Waals surface area (Å²) in [4.78, 5) is 27.2. The van der Waals surface area contributed by atoms with Crippen LogP contribution in [0.15, 0.2) is 64.2 Å². The molecule has 2 aromatic heterocycles. The topological polar surface area (TPSA) is 106 Å². The highest BCUT2D eigenvalue weighted by atomic mass is 32.2. The minimum atomic E-state index is -0.232. The number of fused-ring (bicyclic) bond motifs is 1. The van der Waals surface area contributed by atoms with E-state index in [2.05, 4.69) is 20.8 Å². The second kappa shape index (κ2) is 11.6. The molecule has 2 N–H and O–H groups in total. The van der Waals surface area contributed by atoms with Crippen LogP contribution in [0.1, 0.15) is 39.2 Å². The van der Waals surface area contributed by atoms with Crippen molar-refractivity contribution in [3.63, 3.8) is 0 Å². The maximum atomic E-state index is 13.2. The lowest BCUT2D eigenvalue weighted by atomic mass is 9.95. The number of nitrogens with one attached hydrogen (secondary N) is 2. The molecule has 0 unspecified atom stereocenters. The summed E-state index contributed by atoms with van der Waals surface area (Å²) >= 11 is 2.66. The lowest BCUT2D eigenvalue weighted by molar-refractivity contribution is -0.113. The second-order valence-electron chi connectivity index (χ2n) is 8.52. The molecule has 2 amide bonds. The molecule has 1 aliphatic carbocycles. The molecule has 0 fully saturated rings. The van der Waals surface area contributed by atoms with Crippen LogP contribution in [-0.4, -0.2) is 34.9 Å². The molecule has 10 heteroatoms. The molecule has 0 spiro atoms. The zero-order valence-electron chi connectivity index (χ0n) is 20.3. The maximum Gasteiger partial charge on any atom is 0.277 e. The normalized spacial score (nSPS) is 12.6. The zero-order chi connectivity index (χ0) is 25.6. The fraction of sp³-hybridized carbons (Fsp3) is 0.259. The Morgan fingerprint density at radius 3 is 2.62 bits per heavy atom. The molecule has 0 saturated carbocycles. The molecule has 0 saturated heterocycles. The number of thioether (sulfide) groups is 1. The number of carbonyl (C=O) groups is 2. The highest BCUT2D eigenvalue weighted by Gasteiger charge is 2.26. The van der Waals surface area contributed by atoms with Gasteiger partial charge in [-0.1, -0.05) is 42.1 Å². The number of hydrogen-bond donors (Lipinski definition) is 2. The first kappa shape index (κ1) is 25.0. The van der Waals surface area contributed by atoms with Crippen LogP contribution in [0, 0.1) is 0 Å². The van der Waals surface area contributed by atoms with Crippen LogP contribution in [0.2, 0.25) is 0 Å². The number of aromatic nitrogens is 2. The molecule has 8 nitrogen and oxygen atoms in total. The van der Waals surface area contributed by atoms with Crippen molar-refractivity contribution in [3.05, 3.63) is 76.2 Å². The summed E-state index contributed by atoms with van der Waals surface area (Å²) in [5.74, 6) is 0.793. The Labute approximate surface area is 222 Å². The van der Waals surface area contributed by atoms with E-state index in [4.69, 9.17) is 9.15 Å². The number of benzene rings is 2. The van der Waals surface area contributed by atoms with E-state index >= 15 is 0 Å². The first-order chi connectivity index (χ1) is 18.1. The predicted octanol–water partition coefficient (Wildman–Crippen LogP) is 5.35. The summed E-state index contributed by atoms with van der Waals surface area (Å²) in [6, 6.07) is 17.1. The molecule has 1 aliphatic rings. The van der Waals surface area contributed by atoms with Crippen LogP contribution < -0.4 is 15.4 Å². The lowest BCUT2D eigenvalue weighted by Crippen LogP contribution is -2.25. The number of aryl methyl sites for hydroxylation is 1. The van der Waals surface area contributed by atoms with Crippen molar-refractivity contribution >= 4 is 39.9 Å². The molecule has 190 valence electrons. The summed E-state index contributed by atoms with van der Waals surface area (Å²) in [6.45, 7) is 0.432. The largest absolute Gasteiger partial charge is 0.497 e. The van der Waals surface area contributed by atoms with E-state index in [0.29, 0.717) is 28.2 Å². The summed E-state index contributed by atoms with van der Waals surface area (Å²) in [5.41, 5.74) is 3.44. The van der Waals surface area contributed by atoms with Crippen molar-refractivity contribution < 1.29 is 18.7 Å². The predicted molar refractivity (Wildman–Crippen MR) is 144 cm³/mol. The van der Waals surface area contributed by atoms with Crippen molar-refractivity contribution in [1.29, 1.82) is 0 Å². The lowest BCUT2D eigenvalue weighted by Gasteiger charge is -2.13. The van der Waals surface area contributed by atoms with Gasteiger partial charge >= 0.3 is 0 Å². The number of carbonyl (C=O) groups excluding carboxylic acids is 2. The molecule has 5 rings (SSSR count). The minimum Gasteiger partial charge on any atom is -0.497 e. The fourth-order valence-electron chi connectivity index (χ4n) is 4.17. The van der Waals surface area contributed by atoms with Gasteiger partial charge in [0.1, 0.15) is 10.8 Å².